The fourth-order valence-electron chi connectivity index (χ4n) is 2.30. The number of hydrogen-bond acceptors (Lipinski definition) is 2. The minimum Gasteiger partial charge on any atom is -0.342 e. The van der Waals surface area contributed by atoms with Gasteiger partial charge in [-0.2, -0.15) is 0 Å². The summed E-state index contributed by atoms with van der Waals surface area (Å²) in [6.07, 6.45) is 0. The van der Waals surface area contributed by atoms with E-state index in [9.17, 15) is 18.4 Å². The summed E-state index contributed by atoms with van der Waals surface area (Å²) in [6.45, 7) is 5.02. The van der Waals surface area contributed by atoms with Crippen molar-refractivity contribution < 1.29 is 18.4 Å². The number of nitrogens with zero attached hydrogens (tertiary/aromatic N) is 1. The van der Waals surface area contributed by atoms with Gasteiger partial charge in [-0.15, -0.1) is 0 Å². The molecule has 0 aliphatic carbocycles. The van der Waals surface area contributed by atoms with E-state index in [1.54, 1.807) is 0 Å². The molecule has 1 heterocycles. The molecule has 0 saturated carbocycles. The van der Waals surface area contributed by atoms with Gasteiger partial charge in [0.15, 0.2) is 0 Å². The third kappa shape index (κ3) is 3.20. The molecule has 4 nitrogen and oxygen atoms in total. The third-order valence-corrected chi connectivity index (χ3v) is 3.48. The molecule has 0 aromatic heterocycles. The summed E-state index contributed by atoms with van der Waals surface area (Å²) in [5, 5.41) is 2.63. The second-order valence-electron chi connectivity index (χ2n) is 6.26. The molecule has 1 unspecified atom stereocenters. The van der Waals surface area contributed by atoms with Gasteiger partial charge in [-0.1, -0.05) is 26.8 Å². The van der Waals surface area contributed by atoms with E-state index in [4.69, 9.17) is 0 Å². The van der Waals surface area contributed by atoms with Crippen molar-refractivity contribution in [3.05, 3.63) is 35.4 Å². The quantitative estimate of drug-likeness (QED) is 0.905. The predicted molar refractivity (Wildman–Crippen MR) is 73.2 cm³/mol. The molecule has 1 saturated heterocycles. The maximum Gasteiger partial charge on any atom is 0.246 e. The Kier molecular flexibility index (Phi) is 3.98. The van der Waals surface area contributed by atoms with Crippen LogP contribution >= 0.6 is 0 Å². The van der Waals surface area contributed by atoms with Crippen LogP contribution in [0.15, 0.2) is 18.2 Å². The molecular formula is C15H18F2N2O2. The lowest BCUT2D eigenvalue weighted by Crippen LogP contribution is -2.61. The van der Waals surface area contributed by atoms with Crippen molar-refractivity contribution in [2.24, 2.45) is 5.41 Å². The average molecular weight is 296 g/mol. The molecule has 2 rings (SSSR count). The Hall–Kier alpha value is -1.98. The molecule has 1 aromatic rings. The van der Waals surface area contributed by atoms with Gasteiger partial charge in [-0.3, -0.25) is 9.59 Å². The molecule has 1 fully saturated rings. The molecule has 2 amide bonds. The van der Waals surface area contributed by atoms with Gasteiger partial charge in [0, 0.05) is 5.56 Å². The Balaban J connectivity index is 2.27. The first-order valence-electron chi connectivity index (χ1n) is 6.71. The fourth-order valence-corrected chi connectivity index (χ4v) is 2.30. The molecule has 114 valence electrons. The number of carbonyl (C=O) groups excluding carboxylic acids is 2. The summed E-state index contributed by atoms with van der Waals surface area (Å²) in [7, 11) is 0. The molecule has 1 atom stereocenters. The minimum atomic E-state index is -0.721. The van der Waals surface area contributed by atoms with Gasteiger partial charge in [0.05, 0.1) is 13.1 Å². The molecule has 1 N–H and O–H groups in total. The van der Waals surface area contributed by atoms with Crippen LogP contribution in [-0.2, 0) is 16.1 Å². The number of hydrogen-bond donors (Lipinski definition) is 1. The Morgan fingerprint density at radius 3 is 2.33 bits per heavy atom. The number of benzene rings is 1. The van der Waals surface area contributed by atoms with Crippen molar-refractivity contribution in [1.82, 2.24) is 10.2 Å². The van der Waals surface area contributed by atoms with Crippen LogP contribution in [0.25, 0.3) is 0 Å². The molecule has 1 aliphatic rings. The highest BCUT2D eigenvalue weighted by Crippen LogP contribution is 2.25. The summed E-state index contributed by atoms with van der Waals surface area (Å²) >= 11 is 0. The van der Waals surface area contributed by atoms with Crippen LogP contribution in [0.1, 0.15) is 26.3 Å². The molecule has 0 spiro atoms. The van der Waals surface area contributed by atoms with Crippen LogP contribution in [0.2, 0.25) is 0 Å². The summed E-state index contributed by atoms with van der Waals surface area (Å²) in [5.41, 5.74) is -0.674. The van der Waals surface area contributed by atoms with Crippen LogP contribution in [0.3, 0.4) is 0 Å². The molecule has 1 aromatic carbocycles. The first-order chi connectivity index (χ1) is 9.70. The number of amides is 2. The number of carbonyl (C=O) groups is 2. The Morgan fingerprint density at radius 2 is 1.81 bits per heavy atom. The van der Waals surface area contributed by atoms with Crippen molar-refractivity contribution in [1.29, 1.82) is 0 Å². The van der Waals surface area contributed by atoms with Crippen LogP contribution in [0.5, 0.6) is 0 Å². The zero-order valence-electron chi connectivity index (χ0n) is 12.2. The largest absolute Gasteiger partial charge is 0.342 e. The van der Waals surface area contributed by atoms with Crippen molar-refractivity contribution in [3.63, 3.8) is 0 Å². The van der Waals surface area contributed by atoms with E-state index in [0.29, 0.717) is 0 Å². The first kappa shape index (κ1) is 15.4. The maximum absolute atomic E-state index is 13.7. The summed E-state index contributed by atoms with van der Waals surface area (Å²) in [5.74, 6) is -2.10. The van der Waals surface area contributed by atoms with E-state index in [1.165, 1.54) is 11.0 Å². The highest BCUT2D eigenvalue weighted by Gasteiger charge is 2.40. The van der Waals surface area contributed by atoms with Gasteiger partial charge in [0.2, 0.25) is 11.8 Å². The Morgan fingerprint density at radius 1 is 1.24 bits per heavy atom. The smallest absolute Gasteiger partial charge is 0.246 e. The van der Waals surface area contributed by atoms with Gasteiger partial charge >= 0.3 is 0 Å². The highest BCUT2D eigenvalue weighted by atomic mass is 19.1. The lowest BCUT2D eigenvalue weighted by Gasteiger charge is -2.38. The van der Waals surface area contributed by atoms with Gasteiger partial charge in [0.1, 0.15) is 17.7 Å². The average Bonchev–Trinajstić information content (AvgIpc) is 2.36. The second kappa shape index (κ2) is 5.42. The van der Waals surface area contributed by atoms with Crippen LogP contribution in [0, 0.1) is 17.0 Å². The van der Waals surface area contributed by atoms with E-state index in [2.05, 4.69) is 5.32 Å². The normalized spacial score (nSPS) is 19.7. The fraction of sp³-hybridized carbons (Fsp3) is 0.467. The summed E-state index contributed by atoms with van der Waals surface area (Å²) < 4.78 is 27.4. The van der Waals surface area contributed by atoms with Crippen molar-refractivity contribution in [2.75, 3.05) is 6.54 Å². The predicted octanol–water partition coefficient (Wildman–Crippen LogP) is 1.84. The number of piperazine rings is 1. The molecule has 0 radical (unpaired) electrons. The van der Waals surface area contributed by atoms with E-state index >= 15 is 0 Å². The Bertz CT molecular complexity index is 561. The lowest BCUT2D eigenvalue weighted by molar-refractivity contribution is -0.148. The van der Waals surface area contributed by atoms with Crippen molar-refractivity contribution in [3.8, 4) is 0 Å². The van der Waals surface area contributed by atoms with E-state index in [1.807, 2.05) is 20.8 Å². The lowest BCUT2D eigenvalue weighted by atomic mass is 9.84. The minimum absolute atomic E-state index is 0.195. The van der Waals surface area contributed by atoms with Gasteiger partial charge in [-0.05, 0) is 17.5 Å². The summed E-state index contributed by atoms with van der Waals surface area (Å²) in [6, 6.07) is 2.83. The monoisotopic (exact) mass is 296 g/mol. The van der Waals surface area contributed by atoms with Crippen LogP contribution in [0.4, 0.5) is 8.78 Å². The molecular weight excluding hydrogens is 278 g/mol. The molecule has 1 aliphatic heterocycles. The SMILES string of the molecule is CC(C)(C)C1NC(=O)CN(Cc2c(F)cccc2F)C1=O. The van der Waals surface area contributed by atoms with Gasteiger partial charge < -0.3 is 10.2 Å². The topological polar surface area (TPSA) is 49.4 Å². The van der Waals surface area contributed by atoms with E-state index < -0.39 is 23.1 Å². The molecule has 21 heavy (non-hydrogen) atoms. The third-order valence-electron chi connectivity index (χ3n) is 3.48. The zero-order chi connectivity index (χ0) is 15.8. The van der Waals surface area contributed by atoms with Gasteiger partial charge in [-0.25, -0.2) is 8.78 Å². The second-order valence-corrected chi connectivity index (χ2v) is 6.26. The Labute approximate surface area is 122 Å². The van der Waals surface area contributed by atoms with Crippen LogP contribution < -0.4 is 5.32 Å². The van der Waals surface area contributed by atoms with E-state index in [-0.39, 0.29) is 30.5 Å². The summed E-state index contributed by atoms with van der Waals surface area (Å²) in [4.78, 5) is 25.3. The zero-order valence-corrected chi connectivity index (χ0v) is 12.2. The standard InChI is InChI=1S/C15H18F2N2O2/c1-15(2,3)13-14(21)19(8-12(20)18-13)7-9-10(16)5-4-6-11(9)17/h4-6,13H,7-8H2,1-3H3,(H,18,20). The van der Waals surface area contributed by atoms with Crippen molar-refractivity contribution >= 4 is 11.8 Å². The number of rotatable bonds is 2. The number of halogens is 2. The number of nitrogens with one attached hydrogen (secondary N) is 1. The van der Waals surface area contributed by atoms with E-state index in [0.717, 1.165) is 12.1 Å². The first-order valence-corrected chi connectivity index (χ1v) is 6.71. The molecule has 6 heteroatoms. The van der Waals surface area contributed by atoms with Crippen molar-refractivity contribution in [2.45, 2.75) is 33.4 Å². The van der Waals surface area contributed by atoms with Crippen LogP contribution in [-0.4, -0.2) is 29.3 Å². The van der Waals surface area contributed by atoms with Gasteiger partial charge in [0.25, 0.3) is 0 Å². The highest BCUT2D eigenvalue weighted by molar-refractivity contribution is 5.95. The molecule has 0 bridgehead atoms. The maximum atomic E-state index is 13.7.